The molecule has 0 heterocycles. The Morgan fingerprint density at radius 3 is 1.58 bits per heavy atom. The van der Waals surface area contributed by atoms with Crippen molar-refractivity contribution in [2.75, 3.05) is 0 Å². The van der Waals surface area contributed by atoms with E-state index in [-0.39, 0.29) is 18.0 Å². The Balaban J connectivity index is 1.41. The van der Waals surface area contributed by atoms with Crippen molar-refractivity contribution in [2.24, 2.45) is 0 Å². The highest BCUT2D eigenvalue weighted by Crippen LogP contribution is 2.24. The van der Waals surface area contributed by atoms with Gasteiger partial charge < -0.3 is 14.2 Å². The second-order valence-corrected chi connectivity index (χ2v) is 11.8. The molecule has 0 radical (unpaired) electrons. The molecule has 0 bridgehead atoms. The average Bonchev–Trinajstić information content (AvgIpc) is 3.05. The lowest BCUT2D eigenvalue weighted by molar-refractivity contribution is -0.134. The first-order valence-electron chi connectivity index (χ1n) is 16.8. The van der Waals surface area contributed by atoms with E-state index in [9.17, 15) is 14.4 Å². The van der Waals surface area contributed by atoms with Crippen LogP contribution in [0.15, 0.2) is 72.8 Å². The summed E-state index contributed by atoms with van der Waals surface area (Å²) in [5.41, 5.74) is 2.69. The summed E-state index contributed by atoms with van der Waals surface area (Å²) in [7, 11) is 0. The van der Waals surface area contributed by atoms with Gasteiger partial charge in [-0.2, -0.15) is 0 Å². The van der Waals surface area contributed by atoms with Crippen LogP contribution in [0.5, 0.6) is 11.5 Å². The summed E-state index contributed by atoms with van der Waals surface area (Å²) in [4.78, 5) is 37.4. The van der Waals surface area contributed by atoms with Crippen LogP contribution >= 0.6 is 0 Å². The molecule has 0 fully saturated rings. The smallest absolute Gasteiger partial charge is 0.343 e. The minimum Gasteiger partial charge on any atom is -0.459 e. The van der Waals surface area contributed by atoms with Crippen LogP contribution in [0.4, 0.5) is 0 Å². The van der Waals surface area contributed by atoms with E-state index in [0.29, 0.717) is 29.0 Å². The SMILES string of the molecule is CCCCCCCCCCC(=O)Oc1ccc(-c2ccc(C(=O)Oc3ccc(C(=O)OC(C)CCCCCC)cc3)cc2)cc1. The van der Waals surface area contributed by atoms with Crippen LogP contribution in [-0.2, 0) is 9.53 Å². The van der Waals surface area contributed by atoms with Crippen LogP contribution in [0, 0.1) is 0 Å². The van der Waals surface area contributed by atoms with Crippen LogP contribution in [-0.4, -0.2) is 24.0 Å². The van der Waals surface area contributed by atoms with Crippen molar-refractivity contribution >= 4 is 17.9 Å². The molecular weight excluding hydrogens is 564 g/mol. The molecule has 0 N–H and O–H groups in total. The number of unbranched alkanes of at least 4 members (excludes halogenated alkanes) is 10. The summed E-state index contributed by atoms with van der Waals surface area (Å²) < 4.78 is 16.6. The van der Waals surface area contributed by atoms with Gasteiger partial charge in [-0.3, -0.25) is 4.79 Å². The fourth-order valence-electron chi connectivity index (χ4n) is 5.09. The van der Waals surface area contributed by atoms with Crippen LogP contribution in [0.25, 0.3) is 11.1 Å². The maximum atomic E-state index is 12.7. The third-order valence-electron chi connectivity index (χ3n) is 7.85. The Hall–Kier alpha value is -3.93. The minimum absolute atomic E-state index is 0.139. The Morgan fingerprint density at radius 1 is 0.533 bits per heavy atom. The summed E-state index contributed by atoms with van der Waals surface area (Å²) >= 11 is 0. The molecule has 0 saturated heterocycles. The predicted octanol–water partition coefficient (Wildman–Crippen LogP) is 10.5. The van der Waals surface area contributed by atoms with Gasteiger partial charge in [0.15, 0.2) is 0 Å². The second-order valence-electron chi connectivity index (χ2n) is 11.8. The Morgan fingerprint density at radius 2 is 0.978 bits per heavy atom. The largest absolute Gasteiger partial charge is 0.459 e. The Kier molecular flexibility index (Phi) is 15.9. The van der Waals surface area contributed by atoms with E-state index < -0.39 is 5.97 Å². The lowest BCUT2D eigenvalue weighted by atomic mass is 10.0. The average molecular weight is 615 g/mol. The van der Waals surface area contributed by atoms with Crippen molar-refractivity contribution in [1.82, 2.24) is 0 Å². The summed E-state index contributed by atoms with van der Waals surface area (Å²) in [5.74, 6) is -0.192. The third kappa shape index (κ3) is 13.3. The van der Waals surface area contributed by atoms with Gasteiger partial charge in [0.05, 0.1) is 17.2 Å². The molecular formula is C39H50O6. The molecule has 6 nitrogen and oxygen atoms in total. The first-order valence-corrected chi connectivity index (χ1v) is 16.8. The molecule has 45 heavy (non-hydrogen) atoms. The fraction of sp³-hybridized carbons (Fsp3) is 0.462. The molecule has 3 aromatic carbocycles. The van der Waals surface area contributed by atoms with Crippen molar-refractivity contribution < 1.29 is 28.6 Å². The first kappa shape index (κ1) is 35.5. The van der Waals surface area contributed by atoms with Crippen LogP contribution < -0.4 is 9.47 Å². The van der Waals surface area contributed by atoms with Crippen LogP contribution in [0.1, 0.15) is 131 Å². The van der Waals surface area contributed by atoms with Crippen molar-refractivity contribution in [3.05, 3.63) is 83.9 Å². The molecule has 1 atom stereocenters. The zero-order valence-corrected chi connectivity index (χ0v) is 27.4. The van der Waals surface area contributed by atoms with Crippen molar-refractivity contribution in [2.45, 2.75) is 117 Å². The minimum atomic E-state index is -0.490. The van der Waals surface area contributed by atoms with Gasteiger partial charge in [-0.25, -0.2) is 9.59 Å². The summed E-state index contributed by atoms with van der Waals surface area (Å²) in [6, 6.07) is 20.9. The molecule has 0 aromatic heterocycles. The molecule has 0 aliphatic heterocycles. The van der Waals surface area contributed by atoms with Crippen molar-refractivity contribution in [1.29, 1.82) is 0 Å². The molecule has 0 aliphatic rings. The normalized spacial score (nSPS) is 11.5. The third-order valence-corrected chi connectivity index (χ3v) is 7.85. The molecule has 0 aliphatic carbocycles. The predicted molar refractivity (Wildman–Crippen MR) is 180 cm³/mol. The number of ether oxygens (including phenoxy) is 3. The highest BCUT2D eigenvalue weighted by atomic mass is 16.5. The van der Waals surface area contributed by atoms with Crippen molar-refractivity contribution in [3.63, 3.8) is 0 Å². The quantitative estimate of drug-likeness (QED) is 0.0716. The van der Waals surface area contributed by atoms with E-state index in [2.05, 4.69) is 13.8 Å². The van der Waals surface area contributed by atoms with Gasteiger partial charge in [-0.1, -0.05) is 102 Å². The second kappa shape index (κ2) is 20.2. The first-order chi connectivity index (χ1) is 21.9. The number of hydrogen-bond donors (Lipinski definition) is 0. The molecule has 242 valence electrons. The van der Waals surface area contributed by atoms with E-state index in [1.165, 1.54) is 51.4 Å². The van der Waals surface area contributed by atoms with Gasteiger partial charge in [0.1, 0.15) is 11.5 Å². The lowest BCUT2D eigenvalue weighted by Gasteiger charge is -2.13. The van der Waals surface area contributed by atoms with Gasteiger partial charge in [0.25, 0.3) is 0 Å². The number of rotatable bonds is 20. The number of hydrogen-bond acceptors (Lipinski definition) is 6. The zero-order chi connectivity index (χ0) is 32.3. The van der Waals surface area contributed by atoms with Gasteiger partial charge in [-0.15, -0.1) is 0 Å². The van der Waals surface area contributed by atoms with Gasteiger partial charge in [0, 0.05) is 6.42 Å². The summed E-state index contributed by atoms with van der Waals surface area (Å²) in [6.07, 6.45) is 15.2. The van der Waals surface area contributed by atoms with E-state index >= 15 is 0 Å². The number of carbonyl (C=O) groups excluding carboxylic acids is 3. The highest BCUT2D eigenvalue weighted by molar-refractivity contribution is 5.92. The number of esters is 3. The number of carbonyl (C=O) groups is 3. The standard InChI is InChI=1S/C39H50O6/c1-4-6-8-10-11-12-13-15-17-37(40)44-35-26-22-32(23-27-35)31-18-20-33(21-19-31)39(42)45-36-28-24-34(25-29-36)38(41)43-30(3)16-14-9-7-5-2/h18-30H,4-17H2,1-3H3. The molecule has 0 spiro atoms. The molecule has 3 rings (SSSR count). The fourth-order valence-corrected chi connectivity index (χ4v) is 5.09. The van der Waals surface area contributed by atoms with Gasteiger partial charge in [0.2, 0.25) is 0 Å². The topological polar surface area (TPSA) is 78.9 Å². The van der Waals surface area contributed by atoms with Crippen molar-refractivity contribution in [3.8, 4) is 22.6 Å². The monoisotopic (exact) mass is 614 g/mol. The van der Waals surface area contributed by atoms with E-state index in [4.69, 9.17) is 14.2 Å². The highest BCUT2D eigenvalue weighted by Gasteiger charge is 2.14. The molecule has 0 amide bonds. The Bertz CT molecular complexity index is 1290. The van der Waals surface area contributed by atoms with Gasteiger partial charge in [-0.05, 0) is 85.8 Å². The maximum Gasteiger partial charge on any atom is 0.343 e. The van der Waals surface area contributed by atoms with Gasteiger partial charge >= 0.3 is 17.9 Å². The Labute approximate surface area is 269 Å². The maximum absolute atomic E-state index is 12.7. The zero-order valence-electron chi connectivity index (χ0n) is 27.4. The van der Waals surface area contributed by atoms with Crippen LogP contribution in [0.3, 0.4) is 0 Å². The van der Waals surface area contributed by atoms with E-state index in [0.717, 1.165) is 43.2 Å². The van der Waals surface area contributed by atoms with Crippen LogP contribution in [0.2, 0.25) is 0 Å². The summed E-state index contributed by atoms with van der Waals surface area (Å²) in [5, 5.41) is 0. The van der Waals surface area contributed by atoms with E-state index in [1.54, 1.807) is 48.5 Å². The number of benzene rings is 3. The lowest BCUT2D eigenvalue weighted by Crippen LogP contribution is -2.15. The molecule has 6 heteroatoms. The molecule has 1 unspecified atom stereocenters. The molecule has 3 aromatic rings. The summed E-state index contributed by atoms with van der Waals surface area (Å²) in [6.45, 7) is 6.30. The molecule has 0 saturated carbocycles. The van der Waals surface area contributed by atoms with E-state index in [1.807, 2.05) is 31.2 Å².